The lowest BCUT2D eigenvalue weighted by Crippen LogP contribution is -2.53. The Morgan fingerprint density at radius 1 is 1.15 bits per heavy atom. The Bertz CT molecular complexity index is 1210. The van der Waals surface area contributed by atoms with Crippen LogP contribution in [-0.4, -0.2) is 137 Å². The molecule has 52 heavy (non-hydrogen) atoms. The summed E-state index contributed by atoms with van der Waals surface area (Å²) in [6, 6.07) is 0.394. The van der Waals surface area contributed by atoms with Gasteiger partial charge in [-0.05, 0) is 72.5 Å². The monoisotopic (exact) mass is 736 g/mol. The van der Waals surface area contributed by atoms with Crippen LogP contribution in [0.5, 0.6) is 0 Å². The van der Waals surface area contributed by atoms with Crippen molar-refractivity contribution < 1.29 is 48.6 Å². The lowest BCUT2D eigenvalue weighted by molar-refractivity contribution is -0.152. The molecule has 0 radical (unpaired) electrons. The Labute approximate surface area is 312 Å². The van der Waals surface area contributed by atoms with Gasteiger partial charge in [0, 0.05) is 57.1 Å². The fraction of sp³-hybridized carbons (Fsp3) is 0.800. The van der Waals surface area contributed by atoms with Gasteiger partial charge in [-0.2, -0.15) is 0 Å². The highest BCUT2D eigenvalue weighted by Crippen LogP contribution is 2.38. The van der Waals surface area contributed by atoms with Crippen molar-refractivity contribution >= 4 is 12.1 Å². The number of rotatable bonds is 15. The third-order valence-corrected chi connectivity index (χ3v) is 10.7. The van der Waals surface area contributed by atoms with E-state index in [1.807, 2.05) is 59.8 Å². The highest BCUT2D eigenvalue weighted by Gasteiger charge is 2.47. The minimum absolute atomic E-state index is 0.0103. The molecule has 10 atom stereocenters. The zero-order chi connectivity index (χ0) is 38.6. The number of hydrogen-bond acceptors (Lipinski definition) is 11. The van der Waals surface area contributed by atoms with Crippen LogP contribution in [0.4, 0.5) is 4.79 Å². The van der Waals surface area contributed by atoms with Gasteiger partial charge in [0.25, 0.3) is 0 Å². The molecule has 10 unspecified atom stereocenters. The lowest BCUT2D eigenvalue weighted by atomic mass is 9.88. The van der Waals surface area contributed by atoms with Crippen molar-refractivity contribution in [3.05, 3.63) is 36.0 Å². The summed E-state index contributed by atoms with van der Waals surface area (Å²) in [5.74, 6) is -0.880. The maximum absolute atomic E-state index is 13.6. The van der Waals surface area contributed by atoms with Gasteiger partial charge in [0.2, 0.25) is 0 Å². The number of piperazine rings is 1. The summed E-state index contributed by atoms with van der Waals surface area (Å²) in [5, 5.41) is 32.2. The van der Waals surface area contributed by atoms with E-state index in [4.69, 9.17) is 23.7 Å². The van der Waals surface area contributed by atoms with E-state index in [-0.39, 0.29) is 43.5 Å². The molecule has 3 aliphatic rings. The second kappa shape index (κ2) is 20.4. The van der Waals surface area contributed by atoms with Crippen molar-refractivity contribution in [2.45, 2.75) is 148 Å². The van der Waals surface area contributed by atoms with E-state index in [1.54, 1.807) is 24.0 Å². The van der Waals surface area contributed by atoms with Gasteiger partial charge in [0.15, 0.2) is 6.10 Å². The molecule has 2 saturated heterocycles. The number of nitrogens with zero attached hydrogens (tertiary/aromatic N) is 2. The van der Waals surface area contributed by atoms with E-state index in [0.717, 1.165) is 18.7 Å². The first-order chi connectivity index (χ1) is 24.5. The Morgan fingerprint density at radius 3 is 2.48 bits per heavy atom. The predicted molar refractivity (Wildman–Crippen MR) is 200 cm³/mol. The SMILES string of the molecule is CCOCCOC1(C)CCC(O)CC(=O)OC(/C(C)=C/C=C/C(C)(O)CC2OC2C(C)C(O)CC)C(C)/C=C/C1OC(=O)N1CCN(C(C)C)CC1. The van der Waals surface area contributed by atoms with E-state index in [2.05, 4.69) is 18.7 Å². The molecule has 0 aromatic rings. The van der Waals surface area contributed by atoms with Gasteiger partial charge in [-0.15, -0.1) is 0 Å². The molecule has 3 rings (SSSR count). The Hall–Kier alpha value is -2.32. The zero-order valence-corrected chi connectivity index (χ0v) is 33.2. The first-order valence-electron chi connectivity index (χ1n) is 19.4. The number of amides is 1. The number of carbonyl (C=O) groups excluding carboxylic acids is 2. The van der Waals surface area contributed by atoms with Crippen molar-refractivity contribution in [2.75, 3.05) is 46.0 Å². The summed E-state index contributed by atoms with van der Waals surface area (Å²) in [4.78, 5) is 30.8. The normalized spacial score (nSPS) is 32.8. The van der Waals surface area contributed by atoms with Crippen LogP contribution in [-0.2, 0) is 28.5 Å². The Kier molecular flexibility index (Phi) is 17.3. The molecule has 0 aliphatic carbocycles. The highest BCUT2D eigenvalue weighted by atomic mass is 16.6. The van der Waals surface area contributed by atoms with Crippen molar-refractivity contribution in [1.82, 2.24) is 9.80 Å². The molecular weight excluding hydrogens is 668 g/mol. The van der Waals surface area contributed by atoms with Crippen LogP contribution >= 0.6 is 0 Å². The molecule has 0 spiro atoms. The molecular formula is C40H68N2O10. The second-order valence-corrected chi connectivity index (χ2v) is 15.6. The first kappa shape index (κ1) is 44.1. The number of epoxide rings is 1. The van der Waals surface area contributed by atoms with Gasteiger partial charge in [-0.25, -0.2) is 4.79 Å². The number of ether oxygens (including phenoxy) is 5. The van der Waals surface area contributed by atoms with Crippen molar-refractivity contribution in [3.63, 3.8) is 0 Å². The molecule has 298 valence electrons. The standard InChI is InChI=1S/C40H68N2O10/c1-10-32(44)30(7)37-33(50-37)26-39(8,47)17-12-13-28(5)36-29(6)14-15-34(51-38(46)42-21-19-41(20-22-42)27(3)4)40(9,49-24-23-48-11-2)18-16-31(43)25-35(45)52-36/h12-15,17,27,29-34,36-37,43-44,47H,10-11,16,18-26H2,1-9H3/b15-14+,17-12+,28-13+. The maximum atomic E-state index is 13.6. The fourth-order valence-electron chi connectivity index (χ4n) is 7.03. The van der Waals surface area contributed by atoms with Gasteiger partial charge in [-0.1, -0.05) is 45.1 Å². The van der Waals surface area contributed by atoms with Crippen LogP contribution in [0.1, 0.15) is 94.4 Å². The van der Waals surface area contributed by atoms with E-state index in [9.17, 15) is 24.9 Å². The molecule has 0 saturated carbocycles. The van der Waals surface area contributed by atoms with Gasteiger partial charge < -0.3 is 43.9 Å². The van der Waals surface area contributed by atoms with E-state index in [0.29, 0.717) is 51.6 Å². The largest absolute Gasteiger partial charge is 0.457 e. The number of carbonyl (C=O) groups is 2. The maximum Gasteiger partial charge on any atom is 0.410 e. The smallest absolute Gasteiger partial charge is 0.410 e. The Balaban J connectivity index is 1.83. The quantitative estimate of drug-likeness (QED) is 0.0700. The third kappa shape index (κ3) is 13.5. The number of esters is 1. The van der Waals surface area contributed by atoms with Crippen LogP contribution in [0.3, 0.4) is 0 Å². The molecule has 2 fully saturated rings. The number of aliphatic hydroxyl groups is 3. The van der Waals surface area contributed by atoms with Crippen molar-refractivity contribution in [3.8, 4) is 0 Å². The fourth-order valence-corrected chi connectivity index (χ4v) is 7.03. The first-order valence-corrected chi connectivity index (χ1v) is 19.4. The van der Waals surface area contributed by atoms with Gasteiger partial charge in [0.05, 0.1) is 49.7 Å². The van der Waals surface area contributed by atoms with Crippen LogP contribution in [0.25, 0.3) is 0 Å². The molecule has 0 aromatic carbocycles. The summed E-state index contributed by atoms with van der Waals surface area (Å²) in [6.07, 6.45) is 6.78. The zero-order valence-electron chi connectivity index (χ0n) is 33.2. The molecule has 3 heterocycles. The summed E-state index contributed by atoms with van der Waals surface area (Å²) < 4.78 is 29.9. The van der Waals surface area contributed by atoms with Crippen molar-refractivity contribution in [1.29, 1.82) is 0 Å². The summed E-state index contributed by atoms with van der Waals surface area (Å²) >= 11 is 0. The van der Waals surface area contributed by atoms with E-state index >= 15 is 0 Å². The topological polar surface area (TPSA) is 151 Å². The highest BCUT2D eigenvalue weighted by molar-refractivity contribution is 5.70. The van der Waals surface area contributed by atoms with Gasteiger partial charge >= 0.3 is 12.1 Å². The summed E-state index contributed by atoms with van der Waals surface area (Å²) in [7, 11) is 0. The predicted octanol–water partition coefficient (Wildman–Crippen LogP) is 4.80. The molecule has 3 N–H and O–H groups in total. The van der Waals surface area contributed by atoms with Crippen molar-refractivity contribution in [2.24, 2.45) is 11.8 Å². The molecule has 12 nitrogen and oxygen atoms in total. The molecule has 0 aromatic heterocycles. The minimum Gasteiger partial charge on any atom is -0.457 e. The van der Waals surface area contributed by atoms with Crippen LogP contribution < -0.4 is 0 Å². The number of aliphatic hydroxyl groups excluding tert-OH is 2. The van der Waals surface area contributed by atoms with E-state index < -0.39 is 47.7 Å². The number of hydrogen-bond donors (Lipinski definition) is 3. The van der Waals surface area contributed by atoms with Crippen LogP contribution in [0.2, 0.25) is 0 Å². The summed E-state index contributed by atoms with van der Waals surface area (Å²) in [6.45, 7) is 21.3. The average molecular weight is 737 g/mol. The second-order valence-electron chi connectivity index (χ2n) is 15.6. The van der Waals surface area contributed by atoms with Gasteiger partial charge in [0.1, 0.15) is 11.7 Å². The average Bonchev–Trinajstić information content (AvgIpc) is 3.86. The van der Waals surface area contributed by atoms with Crippen LogP contribution in [0, 0.1) is 11.8 Å². The van der Waals surface area contributed by atoms with Gasteiger partial charge in [-0.3, -0.25) is 9.69 Å². The molecule has 1 amide bonds. The Morgan fingerprint density at radius 2 is 1.85 bits per heavy atom. The van der Waals surface area contributed by atoms with E-state index in [1.165, 1.54) is 0 Å². The molecule has 3 aliphatic heterocycles. The third-order valence-electron chi connectivity index (χ3n) is 10.7. The summed E-state index contributed by atoms with van der Waals surface area (Å²) in [5.41, 5.74) is -1.44. The molecule has 12 heteroatoms. The van der Waals surface area contributed by atoms with Crippen LogP contribution in [0.15, 0.2) is 36.0 Å². The number of cyclic esters (lactones) is 1. The minimum atomic E-state index is -1.16. The number of allylic oxidation sites excluding steroid dienone is 2. The molecule has 0 bridgehead atoms. The lowest BCUT2D eigenvalue weighted by Gasteiger charge is -2.40.